The van der Waals surface area contributed by atoms with Gasteiger partial charge in [0.2, 0.25) is 0 Å². The van der Waals surface area contributed by atoms with E-state index in [2.05, 4.69) is 273 Å². The molecule has 0 saturated heterocycles. The highest BCUT2D eigenvalue weighted by Crippen LogP contribution is 2.67. The van der Waals surface area contributed by atoms with Crippen molar-refractivity contribution in [2.24, 2.45) is 0 Å². The maximum atomic E-state index is 2.67. The minimum absolute atomic E-state index is 0.0572. The van der Waals surface area contributed by atoms with Crippen molar-refractivity contribution in [2.45, 2.75) is 82.5 Å². The van der Waals surface area contributed by atoms with Gasteiger partial charge in [-0.1, -0.05) is 237 Å². The standard InChI is InChI=1S/C73H59N/c1-69(2,3)44-33-36-56-64(39-44)73(61-31-19-12-24-51(61)52-25-13-20-32-62(52)73)66-40-45(70(4,5)6)41-67(68(56)66)74(46-34-37-54-48-21-9-15-27-57(48)71(7,8)63(54)42-46)47-35-38-55-53-26-14-18-30-60(53)72(65(55)43-47)58-28-16-10-22-49(58)50-23-11-17-29-59(50)72/h9-43H,1-8H3. The Labute approximate surface area is 436 Å². The fraction of sp³-hybridized carbons (Fsp3) is 0.178. The zero-order chi connectivity index (χ0) is 50.3. The molecule has 2 spiro atoms. The van der Waals surface area contributed by atoms with Gasteiger partial charge >= 0.3 is 0 Å². The van der Waals surface area contributed by atoms with Crippen molar-refractivity contribution in [3.05, 3.63) is 279 Å². The molecule has 10 aromatic carbocycles. The molecule has 1 heteroatoms. The van der Waals surface area contributed by atoms with Crippen LogP contribution in [0.5, 0.6) is 0 Å². The first-order valence-electron chi connectivity index (χ1n) is 26.8. The number of hydrogen-bond acceptors (Lipinski definition) is 1. The number of anilines is 3. The van der Waals surface area contributed by atoms with Crippen LogP contribution in [-0.4, -0.2) is 0 Å². The van der Waals surface area contributed by atoms with E-state index >= 15 is 0 Å². The molecule has 0 aliphatic heterocycles. The van der Waals surface area contributed by atoms with Crippen LogP contribution in [-0.2, 0) is 27.1 Å². The molecule has 15 rings (SSSR count). The van der Waals surface area contributed by atoms with Crippen LogP contribution in [0.2, 0.25) is 0 Å². The number of hydrogen-bond donors (Lipinski definition) is 0. The third kappa shape index (κ3) is 5.39. The van der Waals surface area contributed by atoms with Crippen LogP contribution in [0.3, 0.4) is 0 Å². The summed E-state index contributed by atoms with van der Waals surface area (Å²) in [6, 6.07) is 82.7. The van der Waals surface area contributed by atoms with Gasteiger partial charge in [-0.25, -0.2) is 0 Å². The highest BCUT2D eigenvalue weighted by Gasteiger charge is 2.55. The zero-order valence-electron chi connectivity index (χ0n) is 43.7. The zero-order valence-corrected chi connectivity index (χ0v) is 43.7. The van der Waals surface area contributed by atoms with Crippen LogP contribution in [0.15, 0.2) is 212 Å². The smallest absolute Gasteiger partial charge is 0.0726 e. The summed E-state index contributed by atoms with van der Waals surface area (Å²) >= 11 is 0. The molecule has 10 aromatic rings. The summed E-state index contributed by atoms with van der Waals surface area (Å²) in [4.78, 5) is 2.67. The molecule has 0 heterocycles. The maximum Gasteiger partial charge on any atom is 0.0726 e. The molecule has 356 valence electrons. The van der Waals surface area contributed by atoms with E-state index in [1.807, 2.05) is 0 Å². The summed E-state index contributed by atoms with van der Waals surface area (Å²) in [7, 11) is 0. The molecule has 74 heavy (non-hydrogen) atoms. The first kappa shape index (κ1) is 43.6. The van der Waals surface area contributed by atoms with E-state index in [4.69, 9.17) is 0 Å². The summed E-state index contributed by atoms with van der Waals surface area (Å²) in [5, 5.41) is 0. The molecule has 0 amide bonds. The molecule has 1 nitrogen and oxygen atoms in total. The highest BCUT2D eigenvalue weighted by molar-refractivity contribution is 6.03. The normalized spacial score (nSPS) is 15.6. The minimum atomic E-state index is -0.538. The van der Waals surface area contributed by atoms with Gasteiger partial charge in [-0.3, -0.25) is 0 Å². The Kier molecular flexibility index (Phi) is 8.60. The van der Waals surface area contributed by atoms with E-state index in [0.717, 1.165) is 11.4 Å². The average Bonchev–Trinajstić information content (AvgIpc) is 4.20. The van der Waals surface area contributed by atoms with Gasteiger partial charge in [-0.15, -0.1) is 0 Å². The lowest BCUT2D eigenvalue weighted by atomic mass is 9.68. The molecule has 0 radical (unpaired) electrons. The molecule has 0 saturated carbocycles. The fourth-order valence-corrected chi connectivity index (χ4v) is 14.8. The monoisotopic (exact) mass is 949 g/mol. The predicted molar refractivity (Wildman–Crippen MR) is 309 cm³/mol. The Morgan fingerprint density at radius 2 is 0.622 bits per heavy atom. The van der Waals surface area contributed by atoms with Gasteiger partial charge in [0.25, 0.3) is 0 Å². The Morgan fingerprint density at radius 1 is 0.284 bits per heavy atom. The van der Waals surface area contributed by atoms with Crippen molar-refractivity contribution in [1.82, 2.24) is 0 Å². The molecule has 0 unspecified atom stereocenters. The van der Waals surface area contributed by atoms with Crippen LogP contribution in [0, 0.1) is 0 Å². The Balaban J connectivity index is 1.08. The van der Waals surface area contributed by atoms with Gasteiger partial charge in [0.05, 0.1) is 16.5 Å². The lowest BCUT2D eigenvalue weighted by molar-refractivity contribution is 0.586. The molecule has 0 fully saturated rings. The Hall–Kier alpha value is -8.00. The molecule has 0 atom stereocenters. The Morgan fingerprint density at radius 3 is 1.08 bits per heavy atom. The average molecular weight is 950 g/mol. The van der Waals surface area contributed by atoms with Crippen molar-refractivity contribution >= 4 is 17.1 Å². The van der Waals surface area contributed by atoms with E-state index in [0.29, 0.717) is 0 Å². The maximum absolute atomic E-state index is 2.67. The summed E-state index contributed by atoms with van der Waals surface area (Å²) < 4.78 is 0. The van der Waals surface area contributed by atoms with E-state index < -0.39 is 10.8 Å². The van der Waals surface area contributed by atoms with Crippen molar-refractivity contribution in [1.29, 1.82) is 0 Å². The van der Waals surface area contributed by atoms with Crippen LogP contribution >= 0.6 is 0 Å². The van der Waals surface area contributed by atoms with Gasteiger partial charge in [-0.2, -0.15) is 0 Å². The van der Waals surface area contributed by atoms with Crippen molar-refractivity contribution in [2.75, 3.05) is 4.90 Å². The predicted octanol–water partition coefficient (Wildman–Crippen LogP) is 18.7. The van der Waals surface area contributed by atoms with E-state index in [1.165, 1.54) is 128 Å². The van der Waals surface area contributed by atoms with Crippen LogP contribution in [0.4, 0.5) is 17.1 Å². The lowest BCUT2D eigenvalue weighted by Gasteiger charge is -2.35. The molecule has 5 aliphatic rings. The van der Waals surface area contributed by atoms with Crippen molar-refractivity contribution < 1.29 is 0 Å². The quantitative estimate of drug-likeness (QED) is 0.171. The molecular weight excluding hydrogens is 891 g/mol. The number of rotatable bonds is 3. The summed E-state index contributed by atoms with van der Waals surface area (Å²) in [6.45, 7) is 19.1. The largest absolute Gasteiger partial charge is 0.310 e. The number of fused-ring (bicyclic) bond motifs is 23. The molecule has 5 aliphatic carbocycles. The lowest BCUT2D eigenvalue weighted by Crippen LogP contribution is -2.28. The fourth-order valence-electron chi connectivity index (χ4n) is 14.8. The minimum Gasteiger partial charge on any atom is -0.310 e. The topological polar surface area (TPSA) is 3.24 Å². The molecular formula is C73H59N. The van der Waals surface area contributed by atoms with Gasteiger partial charge in [0.1, 0.15) is 0 Å². The third-order valence-corrected chi connectivity index (χ3v) is 18.2. The molecule has 0 bridgehead atoms. The van der Waals surface area contributed by atoms with Crippen molar-refractivity contribution in [3.8, 4) is 55.6 Å². The summed E-state index contributed by atoms with van der Waals surface area (Å²) in [6.07, 6.45) is 0. The van der Waals surface area contributed by atoms with Crippen LogP contribution in [0.25, 0.3) is 55.6 Å². The second-order valence-electron chi connectivity index (χ2n) is 24.4. The number of benzene rings is 10. The number of nitrogens with zero attached hydrogens (tertiary/aromatic N) is 1. The van der Waals surface area contributed by atoms with Gasteiger partial charge in [-0.05, 0) is 158 Å². The molecule has 0 aromatic heterocycles. The third-order valence-electron chi connectivity index (χ3n) is 18.2. The SMILES string of the molecule is CC(C)(C)c1ccc2c(c1)C1(c3ccccc3-c3ccccc31)c1cc(C(C)(C)C)cc(N(c3ccc4c(c3)C(C)(C)c3ccccc3-4)c3ccc4c(c3)C3(c5ccccc5-c5ccccc53)c3ccccc3-4)c1-2. The summed E-state index contributed by atoms with van der Waals surface area (Å²) in [5.41, 5.74) is 31.5. The highest BCUT2D eigenvalue weighted by atomic mass is 15.1. The van der Waals surface area contributed by atoms with E-state index in [9.17, 15) is 0 Å². The second-order valence-corrected chi connectivity index (χ2v) is 24.4. The van der Waals surface area contributed by atoms with Gasteiger partial charge < -0.3 is 4.90 Å². The van der Waals surface area contributed by atoms with Crippen LogP contribution in [0.1, 0.15) is 122 Å². The first-order chi connectivity index (χ1) is 35.7. The van der Waals surface area contributed by atoms with Crippen LogP contribution < -0.4 is 4.90 Å². The van der Waals surface area contributed by atoms with E-state index in [1.54, 1.807) is 0 Å². The van der Waals surface area contributed by atoms with Crippen molar-refractivity contribution in [3.63, 3.8) is 0 Å². The second kappa shape index (κ2) is 14.6. The first-order valence-corrected chi connectivity index (χ1v) is 26.8. The van der Waals surface area contributed by atoms with E-state index in [-0.39, 0.29) is 16.2 Å². The molecule has 0 N–H and O–H groups in total. The van der Waals surface area contributed by atoms with Gasteiger partial charge in [0.15, 0.2) is 0 Å². The summed E-state index contributed by atoms with van der Waals surface area (Å²) in [5.74, 6) is 0. The van der Waals surface area contributed by atoms with Gasteiger partial charge in [0, 0.05) is 22.4 Å². The Bertz CT molecular complexity index is 3980.